The predicted octanol–water partition coefficient (Wildman–Crippen LogP) is 2.91. The van der Waals surface area contributed by atoms with Crippen LogP contribution in [0.5, 0.6) is 5.88 Å². The molecule has 20 heavy (non-hydrogen) atoms. The number of thiazole rings is 1. The summed E-state index contributed by atoms with van der Waals surface area (Å²) in [6.45, 7) is 6.27. The number of aryl methyl sites for hydroxylation is 2. The van der Waals surface area contributed by atoms with E-state index < -0.39 is 5.97 Å². The van der Waals surface area contributed by atoms with Gasteiger partial charge in [-0.1, -0.05) is 6.07 Å². The predicted molar refractivity (Wildman–Crippen MR) is 76.1 cm³/mol. The van der Waals surface area contributed by atoms with E-state index in [1.165, 1.54) is 11.3 Å². The van der Waals surface area contributed by atoms with Gasteiger partial charge in [0.2, 0.25) is 5.88 Å². The molecule has 0 saturated carbocycles. The van der Waals surface area contributed by atoms with Crippen LogP contribution >= 0.6 is 11.3 Å². The summed E-state index contributed by atoms with van der Waals surface area (Å²) in [5.41, 5.74) is 1.03. The Hall–Kier alpha value is -1.95. The van der Waals surface area contributed by atoms with Crippen LogP contribution in [0.4, 0.5) is 0 Å². The maximum Gasteiger partial charge on any atom is 0.358 e. The van der Waals surface area contributed by atoms with Crippen molar-refractivity contribution in [2.75, 3.05) is 6.61 Å². The lowest BCUT2D eigenvalue weighted by Crippen LogP contribution is -2.08. The summed E-state index contributed by atoms with van der Waals surface area (Å²) >= 11 is 1.48. The van der Waals surface area contributed by atoms with Crippen LogP contribution in [-0.2, 0) is 11.3 Å². The molecule has 6 heteroatoms. The topological polar surface area (TPSA) is 61.3 Å². The Morgan fingerprint density at radius 2 is 2.10 bits per heavy atom. The second-order valence-corrected chi connectivity index (χ2v) is 5.52. The minimum absolute atomic E-state index is 0.107. The van der Waals surface area contributed by atoms with Gasteiger partial charge in [0, 0.05) is 10.9 Å². The van der Waals surface area contributed by atoms with Gasteiger partial charge < -0.3 is 9.47 Å². The van der Waals surface area contributed by atoms with Gasteiger partial charge in [-0.25, -0.2) is 14.8 Å². The number of ether oxygens (including phenoxy) is 2. The minimum atomic E-state index is -0.421. The quantitative estimate of drug-likeness (QED) is 0.793. The maximum absolute atomic E-state index is 11.9. The molecule has 0 aliphatic carbocycles. The highest BCUT2D eigenvalue weighted by atomic mass is 32.1. The van der Waals surface area contributed by atoms with Gasteiger partial charge in [0.1, 0.15) is 6.61 Å². The summed E-state index contributed by atoms with van der Waals surface area (Å²) in [5, 5.41) is 0.853. The van der Waals surface area contributed by atoms with Gasteiger partial charge in [-0.2, -0.15) is 0 Å². The van der Waals surface area contributed by atoms with E-state index in [1.807, 2.05) is 26.8 Å². The molecule has 2 heterocycles. The van der Waals surface area contributed by atoms with Crippen LogP contribution in [0.2, 0.25) is 0 Å². The summed E-state index contributed by atoms with van der Waals surface area (Å²) < 4.78 is 10.5. The van der Waals surface area contributed by atoms with Gasteiger partial charge in [0.15, 0.2) is 5.69 Å². The van der Waals surface area contributed by atoms with Crippen LogP contribution in [0.3, 0.4) is 0 Å². The van der Waals surface area contributed by atoms with E-state index in [0.29, 0.717) is 23.9 Å². The van der Waals surface area contributed by atoms with E-state index in [0.717, 1.165) is 9.88 Å². The van der Waals surface area contributed by atoms with Gasteiger partial charge >= 0.3 is 5.97 Å². The van der Waals surface area contributed by atoms with Gasteiger partial charge in [-0.05, 0) is 26.8 Å². The number of aromatic nitrogens is 2. The number of pyridine rings is 1. The molecule has 0 aliphatic heterocycles. The molecule has 0 aromatic carbocycles. The van der Waals surface area contributed by atoms with Crippen LogP contribution in [0.25, 0.3) is 0 Å². The first kappa shape index (κ1) is 14.5. The van der Waals surface area contributed by atoms with Crippen LogP contribution in [0.15, 0.2) is 18.2 Å². The molecule has 0 radical (unpaired) electrons. The van der Waals surface area contributed by atoms with Crippen molar-refractivity contribution in [2.24, 2.45) is 0 Å². The molecule has 106 valence electrons. The number of rotatable bonds is 5. The molecule has 0 spiro atoms. The van der Waals surface area contributed by atoms with Crippen molar-refractivity contribution in [3.8, 4) is 5.88 Å². The van der Waals surface area contributed by atoms with E-state index >= 15 is 0 Å². The smallest absolute Gasteiger partial charge is 0.358 e. The standard InChI is InChI=1S/C14H16N2O3S/c1-4-18-12-7-5-6-11(16-12)8-19-14(17)13-9(2)20-10(3)15-13/h5-7H,4,8H2,1-3H3. The van der Waals surface area contributed by atoms with Gasteiger partial charge in [-0.3, -0.25) is 0 Å². The average molecular weight is 292 g/mol. The van der Waals surface area contributed by atoms with E-state index in [9.17, 15) is 4.79 Å². The second-order valence-electron chi connectivity index (χ2n) is 4.11. The molecule has 0 aliphatic rings. The second kappa shape index (κ2) is 6.47. The van der Waals surface area contributed by atoms with Crippen LogP contribution in [0.1, 0.15) is 33.0 Å². The van der Waals surface area contributed by atoms with Crippen molar-refractivity contribution in [2.45, 2.75) is 27.4 Å². The van der Waals surface area contributed by atoms with Crippen molar-refractivity contribution in [3.05, 3.63) is 39.5 Å². The highest BCUT2D eigenvalue weighted by Crippen LogP contribution is 2.17. The monoisotopic (exact) mass is 292 g/mol. The molecule has 0 amide bonds. The fourth-order valence-electron chi connectivity index (χ4n) is 1.69. The Kier molecular flexibility index (Phi) is 4.68. The van der Waals surface area contributed by atoms with Crippen molar-refractivity contribution in [1.82, 2.24) is 9.97 Å². The third kappa shape index (κ3) is 3.54. The van der Waals surface area contributed by atoms with E-state index in [2.05, 4.69) is 9.97 Å². The molecule has 2 aromatic heterocycles. The zero-order valence-corrected chi connectivity index (χ0v) is 12.5. The maximum atomic E-state index is 11.9. The first-order valence-electron chi connectivity index (χ1n) is 6.30. The molecule has 0 unspecified atom stereocenters. The number of carbonyl (C=O) groups excluding carboxylic acids is 1. The summed E-state index contributed by atoms with van der Waals surface area (Å²) in [5.74, 6) is 0.109. The lowest BCUT2D eigenvalue weighted by molar-refractivity contribution is 0.0460. The molecule has 0 saturated heterocycles. The Morgan fingerprint density at radius 1 is 1.30 bits per heavy atom. The Morgan fingerprint density at radius 3 is 2.75 bits per heavy atom. The molecule has 5 nitrogen and oxygen atoms in total. The van der Waals surface area contributed by atoms with Crippen LogP contribution < -0.4 is 4.74 Å². The fraction of sp³-hybridized carbons (Fsp3) is 0.357. The van der Waals surface area contributed by atoms with E-state index in [1.54, 1.807) is 12.1 Å². The van der Waals surface area contributed by atoms with Crippen LogP contribution in [-0.4, -0.2) is 22.5 Å². The first-order valence-corrected chi connectivity index (χ1v) is 7.11. The zero-order chi connectivity index (χ0) is 14.5. The lowest BCUT2D eigenvalue weighted by atomic mass is 10.3. The highest BCUT2D eigenvalue weighted by Gasteiger charge is 2.15. The number of esters is 1. The zero-order valence-electron chi connectivity index (χ0n) is 11.7. The van der Waals surface area contributed by atoms with Crippen molar-refractivity contribution in [3.63, 3.8) is 0 Å². The molecule has 0 bridgehead atoms. The van der Waals surface area contributed by atoms with Crippen molar-refractivity contribution in [1.29, 1.82) is 0 Å². The largest absolute Gasteiger partial charge is 0.478 e. The molecule has 0 fully saturated rings. The SMILES string of the molecule is CCOc1cccc(COC(=O)c2nc(C)sc2C)n1. The number of hydrogen-bond acceptors (Lipinski definition) is 6. The molecule has 0 N–H and O–H groups in total. The molecular formula is C14H16N2O3S. The van der Waals surface area contributed by atoms with Gasteiger partial charge in [0.05, 0.1) is 17.3 Å². The third-order valence-corrected chi connectivity index (χ3v) is 3.41. The number of hydrogen-bond donors (Lipinski definition) is 0. The number of carbonyl (C=O) groups is 1. The molecular weight excluding hydrogens is 276 g/mol. The lowest BCUT2D eigenvalue weighted by Gasteiger charge is -2.06. The average Bonchev–Trinajstić information content (AvgIpc) is 2.76. The summed E-state index contributed by atoms with van der Waals surface area (Å²) in [6.07, 6.45) is 0. The normalized spacial score (nSPS) is 10.3. The Bertz CT molecular complexity index is 610. The first-order chi connectivity index (χ1) is 9.60. The Labute approximate surface area is 121 Å². The summed E-state index contributed by atoms with van der Waals surface area (Å²) in [7, 11) is 0. The highest BCUT2D eigenvalue weighted by molar-refractivity contribution is 7.11. The van der Waals surface area contributed by atoms with Gasteiger partial charge in [-0.15, -0.1) is 11.3 Å². The minimum Gasteiger partial charge on any atom is -0.478 e. The Balaban J connectivity index is 1.99. The third-order valence-electron chi connectivity index (χ3n) is 2.52. The summed E-state index contributed by atoms with van der Waals surface area (Å²) in [6, 6.07) is 5.37. The molecule has 0 atom stereocenters. The fourth-order valence-corrected chi connectivity index (χ4v) is 2.50. The summed E-state index contributed by atoms with van der Waals surface area (Å²) in [4.78, 5) is 21.2. The van der Waals surface area contributed by atoms with E-state index in [4.69, 9.17) is 9.47 Å². The van der Waals surface area contributed by atoms with E-state index in [-0.39, 0.29) is 6.61 Å². The van der Waals surface area contributed by atoms with Crippen molar-refractivity contribution >= 4 is 17.3 Å². The van der Waals surface area contributed by atoms with Crippen molar-refractivity contribution < 1.29 is 14.3 Å². The number of nitrogens with zero attached hydrogens (tertiary/aromatic N) is 2. The molecule has 2 rings (SSSR count). The van der Waals surface area contributed by atoms with Crippen LogP contribution in [0, 0.1) is 13.8 Å². The molecule has 2 aromatic rings. The van der Waals surface area contributed by atoms with Gasteiger partial charge in [0.25, 0.3) is 0 Å².